The molecular weight excluding hydrogens is 314 g/mol. The number of oxazole rings is 1. The van der Waals surface area contributed by atoms with Crippen molar-refractivity contribution < 1.29 is 14.0 Å². The van der Waals surface area contributed by atoms with Gasteiger partial charge in [0.05, 0.1) is 11.6 Å². The Hall–Kier alpha value is -2.15. The van der Waals surface area contributed by atoms with E-state index in [1.165, 1.54) is 0 Å². The zero-order valence-corrected chi connectivity index (χ0v) is 13.3. The molecule has 1 aromatic carbocycles. The molecule has 2 atom stereocenters. The van der Waals surface area contributed by atoms with Crippen molar-refractivity contribution in [1.29, 1.82) is 0 Å². The highest BCUT2D eigenvalue weighted by molar-refractivity contribution is 7.71. The van der Waals surface area contributed by atoms with E-state index in [1.807, 2.05) is 0 Å². The Morgan fingerprint density at radius 2 is 2.13 bits per heavy atom. The average Bonchev–Trinajstić information content (AvgIpc) is 2.92. The van der Waals surface area contributed by atoms with Gasteiger partial charge in [0.15, 0.2) is 5.58 Å². The van der Waals surface area contributed by atoms with Crippen LogP contribution in [-0.2, 0) is 4.79 Å². The fourth-order valence-electron chi connectivity index (χ4n) is 3.64. The van der Waals surface area contributed by atoms with Gasteiger partial charge in [-0.3, -0.25) is 9.59 Å². The molecule has 4 rings (SSSR count). The molecule has 2 aromatic rings. The summed E-state index contributed by atoms with van der Waals surface area (Å²) < 4.78 is 5.38. The minimum absolute atomic E-state index is 0.0777. The molecule has 7 heteroatoms. The number of H-pyrrole nitrogens is 1. The number of nitrogens with one attached hydrogen (secondary N) is 2. The minimum Gasteiger partial charge on any atom is -0.429 e. The monoisotopic (exact) mass is 331 g/mol. The van der Waals surface area contributed by atoms with Crippen molar-refractivity contribution in [1.82, 2.24) is 15.2 Å². The van der Waals surface area contributed by atoms with Gasteiger partial charge >= 0.3 is 0 Å². The average molecular weight is 331 g/mol. The molecular formula is C16H17N3O3S. The number of piperazine rings is 1. The second-order valence-electron chi connectivity index (χ2n) is 6.18. The number of aromatic amines is 1. The largest absolute Gasteiger partial charge is 0.429 e. The summed E-state index contributed by atoms with van der Waals surface area (Å²) in [6.07, 6.45) is 4.06. The maximum atomic E-state index is 12.9. The van der Waals surface area contributed by atoms with E-state index in [2.05, 4.69) is 10.3 Å². The molecule has 2 aliphatic rings. The topological polar surface area (TPSA) is 78.3 Å². The molecule has 23 heavy (non-hydrogen) atoms. The SMILES string of the molecule is O=C1CN(C(=O)c2ccc3[nH]c(=S)oc3c2)[C@H]2CCCC[C@H]2N1. The van der Waals surface area contributed by atoms with E-state index >= 15 is 0 Å². The Kier molecular flexibility index (Phi) is 3.45. The van der Waals surface area contributed by atoms with Crippen LogP contribution < -0.4 is 5.32 Å². The van der Waals surface area contributed by atoms with E-state index in [1.54, 1.807) is 23.1 Å². The van der Waals surface area contributed by atoms with Gasteiger partial charge in [0.1, 0.15) is 6.54 Å². The second-order valence-corrected chi connectivity index (χ2v) is 6.56. The number of nitrogens with zero attached hydrogens (tertiary/aromatic N) is 1. The lowest BCUT2D eigenvalue weighted by Crippen LogP contribution is -2.62. The van der Waals surface area contributed by atoms with Crippen molar-refractivity contribution in [2.75, 3.05) is 6.54 Å². The number of carbonyl (C=O) groups is 2. The molecule has 1 aromatic heterocycles. The summed E-state index contributed by atoms with van der Waals surface area (Å²) in [5.74, 6) is -0.206. The lowest BCUT2D eigenvalue weighted by atomic mass is 9.87. The molecule has 1 aliphatic heterocycles. The molecule has 0 radical (unpaired) electrons. The minimum atomic E-state index is -0.124. The fourth-order valence-corrected chi connectivity index (χ4v) is 3.84. The van der Waals surface area contributed by atoms with Gasteiger partial charge in [0.2, 0.25) is 5.91 Å². The molecule has 1 saturated heterocycles. The first-order valence-electron chi connectivity index (χ1n) is 7.85. The van der Waals surface area contributed by atoms with Crippen molar-refractivity contribution in [2.24, 2.45) is 0 Å². The Balaban J connectivity index is 1.67. The van der Waals surface area contributed by atoms with Crippen molar-refractivity contribution in [3.05, 3.63) is 28.6 Å². The first kappa shape index (κ1) is 14.4. The van der Waals surface area contributed by atoms with Crippen molar-refractivity contribution in [3.8, 4) is 0 Å². The van der Waals surface area contributed by atoms with E-state index in [0.29, 0.717) is 11.1 Å². The molecule has 0 bridgehead atoms. The Morgan fingerprint density at radius 1 is 1.30 bits per heavy atom. The van der Waals surface area contributed by atoms with Gasteiger partial charge in [-0.05, 0) is 43.3 Å². The van der Waals surface area contributed by atoms with Gasteiger partial charge in [0.25, 0.3) is 10.7 Å². The third-order valence-electron chi connectivity index (χ3n) is 4.72. The van der Waals surface area contributed by atoms with Crippen LogP contribution in [0.3, 0.4) is 0 Å². The first-order chi connectivity index (χ1) is 11.1. The molecule has 2 N–H and O–H groups in total. The quantitative estimate of drug-likeness (QED) is 0.787. The normalized spacial score (nSPS) is 24.3. The number of carbonyl (C=O) groups excluding carboxylic acids is 2. The molecule has 1 aliphatic carbocycles. The maximum Gasteiger partial charge on any atom is 0.266 e. The molecule has 1 saturated carbocycles. The fraction of sp³-hybridized carbons (Fsp3) is 0.438. The van der Waals surface area contributed by atoms with Crippen LogP contribution in [0.15, 0.2) is 22.6 Å². The number of rotatable bonds is 1. The number of hydrogen-bond donors (Lipinski definition) is 2. The molecule has 120 valence electrons. The predicted octanol–water partition coefficient (Wildman–Crippen LogP) is 2.37. The molecule has 6 nitrogen and oxygen atoms in total. The number of amides is 2. The summed E-state index contributed by atoms with van der Waals surface area (Å²) in [5.41, 5.74) is 1.84. The molecule has 0 unspecified atom stereocenters. The van der Waals surface area contributed by atoms with E-state index < -0.39 is 0 Å². The Bertz CT molecular complexity index is 840. The van der Waals surface area contributed by atoms with Crippen LogP contribution in [0.25, 0.3) is 11.1 Å². The summed E-state index contributed by atoms with van der Waals surface area (Å²) in [5, 5.41) is 3.02. The van der Waals surface area contributed by atoms with E-state index in [9.17, 15) is 9.59 Å². The lowest BCUT2D eigenvalue weighted by molar-refractivity contribution is -0.127. The molecule has 2 amide bonds. The summed E-state index contributed by atoms with van der Waals surface area (Å²) in [4.78, 5) is 29.8. The summed E-state index contributed by atoms with van der Waals surface area (Å²) in [7, 11) is 0. The lowest BCUT2D eigenvalue weighted by Gasteiger charge is -2.43. The molecule has 0 spiro atoms. The van der Waals surface area contributed by atoms with Crippen molar-refractivity contribution in [2.45, 2.75) is 37.8 Å². The van der Waals surface area contributed by atoms with Gasteiger partial charge in [-0.15, -0.1) is 0 Å². The van der Waals surface area contributed by atoms with E-state index in [-0.39, 0.29) is 35.3 Å². The summed E-state index contributed by atoms with van der Waals surface area (Å²) in [6.45, 7) is 0.120. The van der Waals surface area contributed by atoms with Crippen molar-refractivity contribution >= 4 is 35.1 Å². The van der Waals surface area contributed by atoms with Gasteiger partial charge in [0, 0.05) is 11.6 Å². The zero-order valence-electron chi connectivity index (χ0n) is 12.5. The van der Waals surface area contributed by atoms with Gasteiger partial charge in [-0.1, -0.05) is 12.8 Å². The number of aromatic nitrogens is 1. The second kappa shape index (κ2) is 5.49. The highest BCUT2D eigenvalue weighted by Crippen LogP contribution is 2.27. The Labute approximate surface area is 137 Å². The number of hydrogen-bond acceptors (Lipinski definition) is 4. The van der Waals surface area contributed by atoms with Gasteiger partial charge < -0.3 is 19.6 Å². The predicted molar refractivity (Wildman–Crippen MR) is 86.6 cm³/mol. The van der Waals surface area contributed by atoms with E-state index in [4.69, 9.17) is 16.6 Å². The van der Waals surface area contributed by atoms with Gasteiger partial charge in [-0.25, -0.2) is 0 Å². The highest BCUT2D eigenvalue weighted by atomic mass is 32.1. The summed E-state index contributed by atoms with van der Waals surface area (Å²) in [6, 6.07) is 5.38. The smallest absolute Gasteiger partial charge is 0.266 e. The summed E-state index contributed by atoms with van der Waals surface area (Å²) >= 11 is 4.97. The van der Waals surface area contributed by atoms with Crippen molar-refractivity contribution in [3.63, 3.8) is 0 Å². The zero-order chi connectivity index (χ0) is 16.0. The van der Waals surface area contributed by atoms with Crippen LogP contribution in [0.2, 0.25) is 0 Å². The van der Waals surface area contributed by atoms with Crippen LogP contribution >= 0.6 is 12.2 Å². The third kappa shape index (κ3) is 2.55. The van der Waals surface area contributed by atoms with Crippen LogP contribution in [0.1, 0.15) is 36.0 Å². The maximum absolute atomic E-state index is 12.9. The van der Waals surface area contributed by atoms with Gasteiger partial charge in [-0.2, -0.15) is 0 Å². The molecule has 2 heterocycles. The van der Waals surface area contributed by atoms with Crippen LogP contribution in [0.4, 0.5) is 0 Å². The molecule has 2 fully saturated rings. The van der Waals surface area contributed by atoms with E-state index in [0.717, 1.165) is 31.2 Å². The number of fused-ring (bicyclic) bond motifs is 2. The van der Waals surface area contributed by atoms with Crippen LogP contribution in [0, 0.1) is 4.84 Å². The third-order valence-corrected chi connectivity index (χ3v) is 4.90. The van der Waals surface area contributed by atoms with Crippen LogP contribution in [-0.4, -0.2) is 40.3 Å². The highest BCUT2D eigenvalue weighted by Gasteiger charge is 2.39. The number of benzene rings is 1. The first-order valence-corrected chi connectivity index (χ1v) is 8.26. The standard InChI is InChI=1S/C16H17N3O3S/c20-14-8-19(12-4-2-1-3-10(12)17-14)15(21)9-5-6-11-13(7-9)22-16(23)18-11/h5-7,10,12H,1-4,8H2,(H,17,20)(H,18,23)/t10-,12+/m1/s1. The Morgan fingerprint density at radius 3 is 3.00 bits per heavy atom. The van der Waals surface area contributed by atoms with Crippen LogP contribution in [0.5, 0.6) is 0 Å².